The van der Waals surface area contributed by atoms with Gasteiger partial charge in [0.05, 0.1) is 17.3 Å². The van der Waals surface area contributed by atoms with Crippen molar-refractivity contribution >= 4 is 32.5 Å². The second kappa shape index (κ2) is 5.50. The molecule has 0 saturated carbocycles. The molecule has 1 N–H and O–H groups in total. The number of thiazole rings is 1. The average molecular weight is 273 g/mol. The molecule has 0 aliphatic rings. The Hall–Kier alpha value is -2.39. The molecule has 0 saturated heterocycles. The van der Waals surface area contributed by atoms with Crippen LogP contribution in [-0.2, 0) is 4.79 Å². The molecule has 2 aromatic rings. The Morgan fingerprint density at radius 1 is 1.58 bits per heavy atom. The number of benzene rings is 1. The van der Waals surface area contributed by atoms with Crippen molar-refractivity contribution in [2.75, 3.05) is 12.4 Å². The van der Waals surface area contributed by atoms with Crippen LogP contribution in [0.1, 0.15) is 6.92 Å². The van der Waals surface area contributed by atoms with Crippen LogP contribution in [0.15, 0.2) is 30.0 Å². The van der Waals surface area contributed by atoms with Gasteiger partial charge in [-0.2, -0.15) is 5.26 Å². The van der Waals surface area contributed by atoms with E-state index in [1.54, 1.807) is 7.11 Å². The Morgan fingerprint density at radius 2 is 2.37 bits per heavy atom. The molecule has 96 valence electrons. The van der Waals surface area contributed by atoms with Crippen LogP contribution in [0.3, 0.4) is 0 Å². The molecule has 19 heavy (non-hydrogen) atoms. The molecule has 0 atom stereocenters. The first kappa shape index (κ1) is 13.1. The third-order valence-electron chi connectivity index (χ3n) is 2.44. The topological polar surface area (TPSA) is 75.0 Å². The first-order valence-corrected chi connectivity index (χ1v) is 6.28. The highest BCUT2D eigenvalue weighted by atomic mass is 32.1. The molecule has 0 fully saturated rings. The van der Waals surface area contributed by atoms with E-state index in [1.165, 1.54) is 24.5 Å². The van der Waals surface area contributed by atoms with Gasteiger partial charge in [0.25, 0.3) is 0 Å². The predicted octanol–water partition coefficient (Wildman–Crippen LogP) is 2.71. The number of carbonyl (C=O) groups is 1. The minimum atomic E-state index is -0.280. The van der Waals surface area contributed by atoms with Crippen molar-refractivity contribution in [3.63, 3.8) is 0 Å². The summed E-state index contributed by atoms with van der Waals surface area (Å²) in [5.74, 6) is 0.484. The van der Waals surface area contributed by atoms with E-state index in [1.807, 2.05) is 24.3 Å². The van der Waals surface area contributed by atoms with E-state index >= 15 is 0 Å². The third-order valence-corrected chi connectivity index (χ3v) is 3.38. The fraction of sp³-hybridized carbons (Fsp3) is 0.154. The zero-order valence-electron chi connectivity index (χ0n) is 10.4. The van der Waals surface area contributed by atoms with Crippen LogP contribution in [0.4, 0.5) is 5.13 Å². The fourth-order valence-corrected chi connectivity index (χ4v) is 2.30. The van der Waals surface area contributed by atoms with Gasteiger partial charge in [0, 0.05) is 6.20 Å². The molecule has 0 aliphatic carbocycles. The van der Waals surface area contributed by atoms with Gasteiger partial charge >= 0.3 is 0 Å². The Morgan fingerprint density at radius 3 is 3.00 bits per heavy atom. The maximum absolute atomic E-state index is 11.1. The number of ketones is 1. The summed E-state index contributed by atoms with van der Waals surface area (Å²) in [6.45, 7) is 1.35. The summed E-state index contributed by atoms with van der Waals surface area (Å²) in [5.41, 5.74) is 0.903. The zero-order chi connectivity index (χ0) is 13.8. The lowest BCUT2D eigenvalue weighted by atomic mass is 10.2. The molecule has 0 radical (unpaired) electrons. The van der Waals surface area contributed by atoms with Gasteiger partial charge in [-0.15, -0.1) is 0 Å². The SMILES string of the molecule is COc1ccc2nc(N/C=C(/C#N)C(C)=O)sc2c1. The number of ether oxygens (including phenoxy) is 1. The molecule has 0 unspecified atom stereocenters. The predicted molar refractivity (Wildman–Crippen MR) is 74.2 cm³/mol. The van der Waals surface area contributed by atoms with E-state index in [9.17, 15) is 4.79 Å². The molecule has 2 rings (SSSR count). The maximum Gasteiger partial charge on any atom is 0.187 e. The number of rotatable bonds is 4. The van der Waals surface area contributed by atoms with E-state index in [4.69, 9.17) is 10.00 Å². The number of methoxy groups -OCH3 is 1. The quantitative estimate of drug-likeness (QED) is 0.684. The van der Waals surface area contributed by atoms with Crippen LogP contribution >= 0.6 is 11.3 Å². The van der Waals surface area contributed by atoms with E-state index in [0.717, 1.165) is 16.0 Å². The van der Waals surface area contributed by atoms with E-state index in [2.05, 4.69) is 10.3 Å². The normalized spacial score (nSPS) is 11.1. The van der Waals surface area contributed by atoms with Crippen LogP contribution in [0.25, 0.3) is 10.2 Å². The number of fused-ring (bicyclic) bond motifs is 1. The van der Waals surface area contributed by atoms with Gasteiger partial charge in [-0.25, -0.2) is 4.98 Å². The van der Waals surface area contributed by atoms with Gasteiger partial charge in [-0.05, 0) is 25.1 Å². The number of nitrogens with one attached hydrogen (secondary N) is 1. The van der Waals surface area contributed by atoms with E-state index < -0.39 is 0 Å². The van der Waals surface area contributed by atoms with E-state index in [0.29, 0.717) is 5.13 Å². The van der Waals surface area contributed by atoms with Crippen LogP contribution in [0, 0.1) is 11.3 Å². The monoisotopic (exact) mass is 273 g/mol. The Bertz CT molecular complexity index is 697. The summed E-state index contributed by atoms with van der Waals surface area (Å²) in [7, 11) is 1.61. The van der Waals surface area contributed by atoms with E-state index in [-0.39, 0.29) is 11.4 Å². The van der Waals surface area contributed by atoms with Crippen LogP contribution < -0.4 is 10.1 Å². The lowest BCUT2D eigenvalue weighted by molar-refractivity contribution is -0.113. The second-order valence-electron chi connectivity index (χ2n) is 3.72. The highest BCUT2D eigenvalue weighted by molar-refractivity contribution is 7.22. The molecule has 6 heteroatoms. The standard InChI is InChI=1S/C13H11N3O2S/c1-8(17)9(6-14)7-15-13-16-11-4-3-10(18-2)5-12(11)19-13/h3-5,7H,1-2H3,(H,15,16)/b9-7-. The smallest absolute Gasteiger partial charge is 0.187 e. The average Bonchev–Trinajstić information content (AvgIpc) is 2.80. The number of hydrogen-bond donors (Lipinski definition) is 1. The van der Waals surface area contributed by atoms with Crippen LogP contribution in [-0.4, -0.2) is 17.9 Å². The van der Waals surface area contributed by atoms with Gasteiger partial charge in [0.2, 0.25) is 0 Å². The van der Waals surface area contributed by atoms with Crippen molar-refractivity contribution in [3.8, 4) is 11.8 Å². The molecule has 1 aromatic heterocycles. The number of Topliss-reactive ketones (excluding diaryl/α,β-unsaturated/α-hetero) is 1. The Balaban J connectivity index is 2.27. The van der Waals surface area contributed by atoms with Gasteiger partial charge in [-0.1, -0.05) is 11.3 Å². The number of nitrogens with zero attached hydrogens (tertiary/aromatic N) is 2. The number of carbonyl (C=O) groups excluding carboxylic acids is 1. The summed E-state index contributed by atoms with van der Waals surface area (Å²) in [6.07, 6.45) is 1.37. The zero-order valence-corrected chi connectivity index (χ0v) is 11.2. The fourth-order valence-electron chi connectivity index (χ4n) is 1.44. The Labute approximate surface area is 114 Å². The van der Waals surface area contributed by atoms with Crippen molar-refractivity contribution in [3.05, 3.63) is 30.0 Å². The van der Waals surface area contributed by atoms with Crippen molar-refractivity contribution in [2.24, 2.45) is 0 Å². The van der Waals surface area contributed by atoms with Crippen molar-refractivity contribution in [2.45, 2.75) is 6.92 Å². The molecular formula is C13H11N3O2S. The van der Waals surface area contributed by atoms with Crippen LogP contribution in [0.5, 0.6) is 5.75 Å². The lowest BCUT2D eigenvalue weighted by Crippen LogP contribution is -1.97. The minimum Gasteiger partial charge on any atom is -0.497 e. The highest BCUT2D eigenvalue weighted by Gasteiger charge is 2.05. The van der Waals surface area contributed by atoms with Gasteiger partial charge in [-0.3, -0.25) is 4.79 Å². The van der Waals surface area contributed by atoms with Crippen molar-refractivity contribution in [1.82, 2.24) is 4.98 Å². The molecule has 0 bridgehead atoms. The first-order valence-electron chi connectivity index (χ1n) is 5.46. The summed E-state index contributed by atoms with van der Waals surface area (Å²) < 4.78 is 6.11. The molecule has 0 aliphatic heterocycles. The summed E-state index contributed by atoms with van der Waals surface area (Å²) in [4.78, 5) is 15.4. The molecule has 0 amide bonds. The van der Waals surface area contributed by atoms with Gasteiger partial charge < -0.3 is 10.1 Å². The lowest BCUT2D eigenvalue weighted by Gasteiger charge is -1.96. The van der Waals surface area contributed by atoms with Gasteiger partial charge in [0.15, 0.2) is 10.9 Å². The van der Waals surface area contributed by atoms with Crippen molar-refractivity contribution in [1.29, 1.82) is 5.26 Å². The number of nitriles is 1. The highest BCUT2D eigenvalue weighted by Crippen LogP contribution is 2.29. The second-order valence-corrected chi connectivity index (χ2v) is 4.75. The van der Waals surface area contributed by atoms with Crippen LogP contribution in [0.2, 0.25) is 0 Å². The number of anilines is 1. The summed E-state index contributed by atoms with van der Waals surface area (Å²) in [6, 6.07) is 7.40. The number of allylic oxidation sites excluding steroid dienone is 1. The number of hydrogen-bond acceptors (Lipinski definition) is 6. The molecule has 1 heterocycles. The Kier molecular flexibility index (Phi) is 3.78. The third kappa shape index (κ3) is 2.89. The summed E-state index contributed by atoms with van der Waals surface area (Å²) >= 11 is 1.42. The van der Waals surface area contributed by atoms with Crippen molar-refractivity contribution < 1.29 is 9.53 Å². The minimum absolute atomic E-state index is 0.0665. The number of aromatic nitrogens is 1. The molecule has 5 nitrogen and oxygen atoms in total. The molecule has 0 spiro atoms. The molecular weight excluding hydrogens is 262 g/mol. The maximum atomic E-state index is 11.1. The largest absolute Gasteiger partial charge is 0.497 e. The summed E-state index contributed by atoms with van der Waals surface area (Å²) in [5, 5.41) is 12.3. The molecule has 1 aromatic carbocycles. The first-order chi connectivity index (χ1) is 9.13. The van der Waals surface area contributed by atoms with Gasteiger partial charge in [0.1, 0.15) is 17.4 Å².